The number of hydrogen-bond donors (Lipinski definition) is 12. The van der Waals surface area contributed by atoms with Gasteiger partial charge in [0.2, 0.25) is 5.91 Å². The number of ether oxygens (including phenoxy) is 4. The quantitative estimate of drug-likeness (QED) is 0.123. The number of amides is 1. The van der Waals surface area contributed by atoms with E-state index in [-0.39, 0.29) is 26.1 Å². The number of hydrogen-bond acceptors (Lipinski definition) is 16. The van der Waals surface area contributed by atoms with Crippen LogP contribution < -0.4 is 27.8 Å². The number of carbonyl (C=O) groups excluding carboxylic acids is 1. The Balaban J connectivity index is 1.84. The van der Waals surface area contributed by atoms with Gasteiger partial charge in [0.1, 0.15) is 60.5 Å². The number of aliphatic hydroxyl groups excluding tert-OH is 6. The van der Waals surface area contributed by atoms with Crippen molar-refractivity contribution in [1.29, 1.82) is 0 Å². The Bertz CT molecular complexity index is 811. The summed E-state index contributed by atoms with van der Waals surface area (Å²) in [6.07, 6.45) is -16.3. The highest BCUT2D eigenvalue weighted by Gasteiger charge is 2.53. The van der Waals surface area contributed by atoms with Gasteiger partial charge in [-0.3, -0.25) is 4.79 Å². The molecule has 1 saturated carbocycles. The van der Waals surface area contributed by atoms with Crippen LogP contribution >= 0.6 is 0 Å². The largest absolute Gasteiger partial charge is 0.388 e. The topological polar surface area (TPSA) is 298 Å². The third kappa shape index (κ3) is 6.85. The highest BCUT2D eigenvalue weighted by atomic mass is 16.7. The van der Waals surface area contributed by atoms with Gasteiger partial charge in [0, 0.05) is 19.1 Å². The van der Waals surface area contributed by atoms with Crippen molar-refractivity contribution in [3.05, 3.63) is 0 Å². The Labute approximate surface area is 225 Å². The van der Waals surface area contributed by atoms with E-state index in [9.17, 15) is 40.5 Å². The molecule has 0 aromatic rings. The molecular formula is C22H43N5O12. The molecule has 0 radical (unpaired) electrons. The molecule has 1 aliphatic carbocycles. The minimum absolute atomic E-state index is 0.0836. The van der Waals surface area contributed by atoms with Crippen LogP contribution in [0.15, 0.2) is 0 Å². The molecular weight excluding hydrogens is 526 g/mol. The number of rotatable bonds is 9. The summed E-state index contributed by atoms with van der Waals surface area (Å²) < 4.78 is 22.7. The van der Waals surface area contributed by atoms with Crippen molar-refractivity contribution in [3.8, 4) is 0 Å². The minimum atomic E-state index is -1.72. The Morgan fingerprint density at radius 1 is 1.03 bits per heavy atom. The van der Waals surface area contributed by atoms with Crippen LogP contribution in [-0.2, 0) is 23.7 Å². The van der Waals surface area contributed by atoms with E-state index in [4.69, 9.17) is 36.1 Å². The fraction of sp³-hybridized carbons (Fsp3) is 0.955. The third-order valence-corrected chi connectivity index (χ3v) is 7.50. The monoisotopic (exact) mass is 569 g/mol. The van der Waals surface area contributed by atoms with E-state index in [0.29, 0.717) is 0 Å². The molecule has 15 N–H and O–H groups in total. The molecule has 15 atom stereocenters. The Kier molecular flexibility index (Phi) is 11.0. The molecule has 0 spiro atoms. The van der Waals surface area contributed by atoms with Gasteiger partial charge in [-0.1, -0.05) is 0 Å². The molecule has 2 saturated heterocycles. The summed E-state index contributed by atoms with van der Waals surface area (Å²) in [5.74, 6) is -0.857. The summed E-state index contributed by atoms with van der Waals surface area (Å²) in [4.78, 5) is 12.4. The molecule has 3 fully saturated rings. The first-order valence-corrected chi connectivity index (χ1v) is 12.8. The van der Waals surface area contributed by atoms with Crippen molar-refractivity contribution >= 4 is 5.91 Å². The maximum absolute atomic E-state index is 12.4. The van der Waals surface area contributed by atoms with Crippen LogP contribution in [0.2, 0.25) is 0 Å². The first kappa shape index (κ1) is 32.4. The van der Waals surface area contributed by atoms with Gasteiger partial charge < -0.3 is 82.5 Å². The Hall–Kier alpha value is -1.13. The number of carbonyl (C=O) groups is 1. The maximum atomic E-state index is 12.4. The number of nitrogens with two attached hydrogens (primary N) is 3. The highest BCUT2D eigenvalue weighted by molar-refractivity contribution is 5.81. The van der Waals surface area contributed by atoms with Crippen molar-refractivity contribution in [2.75, 3.05) is 26.7 Å². The standard InChI is InChI=1S/C22H43N5O12/c1-22(35)6-36-20(15(33)18(22)26-2)39-17-8(27-19(34)9(28)4-23)3-7(25)16(14(17)32)38-21-13(31)12(30)11(29)10(5-24)37-21/h7-18,20-21,26,28-33,35H,3-6,23-25H2,1-2H3,(H,27,34)/t7-,8+,9+,10+,11-,12-,13-,14-,15-,16-,17+,18+,20-,21-,22+/m0/s1. The fourth-order valence-corrected chi connectivity index (χ4v) is 5.22. The maximum Gasteiger partial charge on any atom is 0.250 e. The van der Waals surface area contributed by atoms with Crippen LogP contribution in [-0.4, -0.2) is 160 Å². The number of aliphatic hydroxyl groups is 7. The van der Waals surface area contributed by atoms with E-state index in [1.165, 1.54) is 14.0 Å². The molecule has 3 aliphatic rings. The smallest absolute Gasteiger partial charge is 0.250 e. The Morgan fingerprint density at radius 2 is 1.67 bits per heavy atom. The molecule has 0 aromatic carbocycles. The van der Waals surface area contributed by atoms with Crippen molar-refractivity contribution in [2.45, 2.75) is 105 Å². The summed E-state index contributed by atoms with van der Waals surface area (Å²) >= 11 is 0. The molecule has 2 aliphatic heterocycles. The van der Waals surface area contributed by atoms with Gasteiger partial charge in [-0.05, 0) is 20.4 Å². The molecule has 0 unspecified atom stereocenters. The average Bonchev–Trinajstić information content (AvgIpc) is 2.89. The van der Waals surface area contributed by atoms with Crippen LogP contribution in [0.4, 0.5) is 0 Å². The zero-order valence-corrected chi connectivity index (χ0v) is 21.8. The lowest BCUT2D eigenvalue weighted by Gasteiger charge is -2.49. The highest BCUT2D eigenvalue weighted by Crippen LogP contribution is 2.32. The lowest BCUT2D eigenvalue weighted by Crippen LogP contribution is -2.70. The van der Waals surface area contributed by atoms with Gasteiger partial charge in [-0.2, -0.15) is 0 Å². The fourth-order valence-electron chi connectivity index (χ4n) is 5.22. The van der Waals surface area contributed by atoms with Gasteiger partial charge in [0.25, 0.3) is 0 Å². The molecule has 0 bridgehead atoms. The van der Waals surface area contributed by atoms with E-state index in [1.807, 2.05) is 0 Å². The van der Waals surface area contributed by atoms with Crippen LogP contribution in [0, 0.1) is 0 Å². The summed E-state index contributed by atoms with van der Waals surface area (Å²) in [5, 5.41) is 78.5. The van der Waals surface area contributed by atoms with Crippen LogP contribution in [0.25, 0.3) is 0 Å². The van der Waals surface area contributed by atoms with E-state index in [2.05, 4.69) is 10.6 Å². The van der Waals surface area contributed by atoms with Gasteiger partial charge in [-0.25, -0.2) is 0 Å². The number of nitrogens with one attached hydrogen (secondary N) is 2. The average molecular weight is 570 g/mol. The molecule has 17 nitrogen and oxygen atoms in total. The molecule has 3 rings (SSSR count). The second-order valence-corrected chi connectivity index (χ2v) is 10.5. The van der Waals surface area contributed by atoms with E-state index < -0.39 is 97.1 Å². The Morgan fingerprint density at radius 3 is 2.26 bits per heavy atom. The van der Waals surface area contributed by atoms with Crippen molar-refractivity contribution in [1.82, 2.24) is 10.6 Å². The predicted molar refractivity (Wildman–Crippen MR) is 130 cm³/mol. The predicted octanol–water partition coefficient (Wildman–Crippen LogP) is -7.52. The zero-order chi connectivity index (χ0) is 29.2. The second kappa shape index (κ2) is 13.2. The normalized spacial score (nSPS) is 47.9. The molecule has 39 heavy (non-hydrogen) atoms. The first-order chi connectivity index (χ1) is 18.3. The van der Waals surface area contributed by atoms with E-state index in [1.54, 1.807) is 0 Å². The zero-order valence-electron chi connectivity index (χ0n) is 21.8. The van der Waals surface area contributed by atoms with Crippen LogP contribution in [0.3, 0.4) is 0 Å². The number of likely N-dealkylation sites (N-methyl/N-ethyl adjacent to an activating group) is 1. The van der Waals surface area contributed by atoms with Crippen LogP contribution in [0.1, 0.15) is 13.3 Å². The van der Waals surface area contributed by atoms with Crippen molar-refractivity contribution < 1.29 is 59.5 Å². The SMILES string of the molecule is CN[C@@H]1[C@H](O)[C@H](O[C@H]2[C@@H](O)[C@@H](O[C@@H]3O[C@H](CN)[C@H](O)[C@H](O)[C@@H]3O)[C@@H](N)C[C@H]2NC(=O)[C@H](O)CN)OC[C@@]1(C)O. The van der Waals surface area contributed by atoms with Crippen molar-refractivity contribution in [2.24, 2.45) is 17.2 Å². The lowest BCUT2D eigenvalue weighted by molar-refractivity contribution is -0.330. The lowest BCUT2D eigenvalue weighted by atomic mass is 9.83. The molecule has 0 aromatic heterocycles. The summed E-state index contributed by atoms with van der Waals surface area (Å²) in [6.45, 7) is 0.634. The summed E-state index contributed by atoms with van der Waals surface area (Å²) in [7, 11) is 1.52. The summed E-state index contributed by atoms with van der Waals surface area (Å²) in [5.41, 5.74) is 15.8. The second-order valence-electron chi connectivity index (χ2n) is 10.5. The minimum Gasteiger partial charge on any atom is -0.388 e. The van der Waals surface area contributed by atoms with E-state index in [0.717, 1.165) is 0 Å². The van der Waals surface area contributed by atoms with E-state index >= 15 is 0 Å². The van der Waals surface area contributed by atoms with Gasteiger partial charge in [-0.15, -0.1) is 0 Å². The molecule has 228 valence electrons. The molecule has 1 amide bonds. The van der Waals surface area contributed by atoms with Gasteiger partial charge in [0.15, 0.2) is 12.6 Å². The third-order valence-electron chi connectivity index (χ3n) is 7.50. The molecule has 17 heteroatoms. The van der Waals surface area contributed by atoms with Gasteiger partial charge in [0.05, 0.1) is 18.7 Å². The van der Waals surface area contributed by atoms with Gasteiger partial charge >= 0.3 is 0 Å². The molecule has 2 heterocycles. The summed E-state index contributed by atoms with van der Waals surface area (Å²) in [6, 6.07) is -2.92. The van der Waals surface area contributed by atoms with Crippen LogP contribution in [0.5, 0.6) is 0 Å². The van der Waals surface area contributed by atoms with Crippen molar-refractivity contribution in [3.63, 3.8) is 0 Å². The first-order valence-electron chi connectivity index (χ1n) is 12.8.